The molecule has 0 saturated carbocycles. The van der Waals surface area contributed by atoms with Crippen LogP contribution >= 0.6 is 0 Å². The molecule has 1 fully saturated rings. The second-order valence-corrected chi connectivity index (χ2v) is 10.2. The van der Waals surface area contributed by atoms with Gasteiger partial charge in [-0.05, 0) is 12.1 Å². The van der Waals surface area contributed by atoms with Crippen LogP contribution in [0.25, 0.3) is 33.5 Å². The second kappa shape index (κ2) is 8.79. The van der Waals surface area contributed by atoms with Crippen molar-refractivity contribution in [3.8, 4) is 28.4 Å². The van der Waals surface area contributed by atoms with Crippen LogP contribution in [0, 0.1) is 5.82 Å². The molecule has 2 N–H and O–H groups in total. The third kappa shape index (κ3) is 4.52. The maximum Gasteiger partial charge on any atom is 0.193 e. The van der Waals surface area contributed by atoms with Gasteiger partial charge in [-0.3, -0.25) is 4.98 Å². The number of rotatable bonds is 6. The molecule has 1 aliphatic rings. The van der Waals surface area contributed by atoms with Gasteiger partial charge in [-0.15, -0.1) is 0 Å². The standard InChI is InChI=1S/C24H22FN3O5S/c1-34(30,31)18-6-7-20(26-11-18)14-2-4-15(5-3-14)24-19(25)9-21-22(28-24)10-23(27-21)33-17-8-16(12-29)32-13-17/h2-7,9-11,16-17,27,29H,8,12-13H2,1H3/t16-,17-/m0/s1. The first-order chi connectivity index (χ1) is 16.3. The summed E-state index contributed by atoms with van der Waals surface area (Å²) in [5, 5.41) is 9.19. The van der Waals surface area contributed by atoms with Crippen molar-refractivity contribution in [1.29, 1.82) is 0 Å². The molecule has 3 aromatic heterocycles. The van der Waals surface area contributed by atoms with Crippen molar-refractivity contribution < 1.29 is 27.4 Å². The number of aromatic amines is 1. The van der Waals surface area contributed by atoms with Gasteiger partial charge in [0.2, 0.25) is 0 Å². The van der Waals surface area contributed by atoms with Crippen LogP contribution in [-0.4, -0.2) is 60.2 Å². The van der Waals surface area contributed by atoms with E-state index >= 15 is 0 Å². The zero-order valence-corrected chi connectivity index (χ0v) is 19.0. The molecule has 1 saturated heterocycles. The number of hydrogen-bond donors (Lipinski definition) is 2. The average molecular weight is 484 g/mol. The van der Waals surface area contributed by atoms with E-state index in [1.165, 1.54) is 18.3 Å². The Hall–Kier alpha value is -3.34. The molecular formula is C24H22FN3O5S. The van der Waals surface area contributed by atoms with Gasteiger partial charge in [-0.2, -0.15) is 0 Å². The molecule has 1 aliphatic heterocycles. The van der Waals surface area contributed by atoms with E-state index in [-0.39, 0.29) is 29.4 Å². The topological polar surface area (TPSA) is 114 Å². The quantitative estimate of drug-likeness (QED) is 0.432. The van der Waals surface area contributed by atoms with Crippen LogP contribution in [0.1, 0.15) is 6.42 Å². The highest BCUT2D eigenvalue weighted by atomic mass is 32.2. The van der Waals surface area contributed by atoms with Gasteiger partial charge in [0.25, 0.3) is 0 Å². The molecule has 34 heavy (non-hydrogen) atoms. The molecule has 0 amide bonds. The van der Waals surface area contributed by atoms with Crippen molar-refractivity contribution in [3.05, 3.63) is 60.5 Å². The van der Waals surface area contributed by atoms with E-state index in [4.69, 9.17) is 9.47 Å². The van der Waals surface area contributed by atoms with Gasteiger partial charge >= 0.3 is 0 Å². The minimum Gasteiger partial charge on any atom is -0.473 e. The second-order valence-electron chi connectivity index (χ2n) is 8.23. The van der Waals surface area contributed by atoms with E-state index in [0.717, 1.165) is 11.8 Å². The fraction of sp³-hybridized carbons (Fsp3) is 0.250. The van der Waals surface area contributed by atoms with E-state index < -0.39 is 15.7 Å². The van der Waals surface area contributed by atoms with Gasteiger partial charge < -0.3 is 19.6 Å². The molecule has 2 atom stereocenters. The molecule has 8 nitrogen and oxygen atoms in total. The summed E-state index contributed by atoms with van der Waals surface area (Å²) in [5.74, 6) is -0.0148. The molecule has 0 radical (unpaired) electrons. The van der Waals surface area contributed by atoms with Crippen LogP contribution in [-0.2, 0) is 14.6 Å². The predicted molar refractivity (Wildman–Crippen MR) is 124 cm³/mol. The van der Waals surface area contributed by atoms with Crippen LogP contribution < -0.4 is 4.74 Å². The zero-order valence-electron chi connectivity index (χ0n) is 18.2. The Balaban J connectivity index is 1.37. The summed E-state index contributed by atoms with van der Waals surface area (Å²) in [6, 6.07) is 13.3. The molecule has 0 aliphatic carbocycles. The predicted octanol–water partition coefficient (Wildman–Crippen LogP) is 3.36. The van der Waals surface area contributed by atoms with Gasteiger partial charge in [-0.1, -0.05) is 24.3 Å². The summed E-state index contributed by atoms with van der Waals surface area (Å²) in [7, 11) is -3.32. The SMILES string of the molecule is CS(=O)(=O)c1ccc(-c2ccc(-c3nc4cc(O[C@@H]5CO[C@H](CO)C5)[nH]c4cc3F)cc2)nc1. The molecule has 1 aromatic carbocycles. The van der Waals surface area contributed by atoms with Crippen molar-refractivity contribution in [1.82, 2.24) is 15.0 Å². The Labute approximate surface area is 195 Å². The summed E-state index contributed by atoms with van der Waals surface area (Å²) in [6.07, 6.45) is 2.61. The fourth-order valence-electron chi connectivity index (χ4n) is 3.90. The molecule has 4 aromatic rings. The first-order valence-electron chi connectivity index (χ1n) is 10.7. The Morgan fingerprint density at radius 3 is 2.59 bits per heavy atom. The van der Waals surface area contributed by atoms with Gasteiger partial charge in [-0.25, -0.2) is 17.8 Å². The lowest BCUT2D eigenvalue weighted by molar-refractivity contribution is 0.0531. The lowest BCUT2D eigenvalue weighted by Crippen LogP contribution is -2.17. The van der Waals surface area contributed by atoms with Gasteiger partial charge in [0, 0.05) is 42.1 Å². The normalized spacial score (nSPS) is 18.4. The fourth-order valence-corrected chi connectivity index (χ4v) is 4.46. The number of hydrogen-bond acceptors (Lipinski definition) is 7. The number of sulfone groups is 1. The summed E-state index contributed by atoms with van der Waals surface area (Å²) in [4.78, 5) is 11.9. The average Bonchev–Trinajstić information content (AvgIpc) is 3.44. The van der Waals surface area contributed by atoms with E-state index in [1.54, 1.807) is 36.4 Å². The maximum absolute atomic E-state index is 14.9. The number of benzene rings is 1. The van der Waals surface area contributed by atoms with E-state index in [9.17, 15) is 17.9 Å². The van der Waals surface area contributed by atoms with Crippen molar-refractivity contribution >= 4 is 20.9 Å². The molecule has 176 valence electrons. The first kappa shape index (κ1) is 22.5. The van der Waals surface area contributed by atoms with E-state index in [1.807, 2.05) is 0 Å². The van der Waals surface area contributed by atoms with E-state index in [0.29, 0.717) is 41.2 Å². The van der Waals surface area contributed by atoms with Crippen LogP contribution in [0.2, 0.25) is 0 Å². The van der Waals surface area contributed by atoms with Crippen LogP contribution in [0.4, 0.5) is 4.39 Å². The number of pyridine rings is 2. The number of H-pyrrole nitrogens is 1. The van der Waals surface area contributed by atoms with Crippen molar-refractivity contribution in [3.63, 3.8) is 0 Å². The van der Waals surface area contributed by atoms with Gasteiger partial charge in [0.1, 0.15) is 11.8 Å². The number of aliphatic hydroxyl groups is 1. The largest absolute Gasteiger partial charge is 0.473 e. The van der Waals surface area contributed by atoms with Gasteiger partial charge in [0.15, 0.2) is 21.5 Å². The maximum atomic E-state index is 14.9. The summed E-state index contributed by atoms with van der Waals surface area (Å²) < 4.78 is 49.4. The number of aliphatic hydroxyl groups excluding tert-OH is 1. The highest BCUT2D eigenvalue weighted by Gasteiger charge is 2.27. The van der Waals surface area contributed by atoms with Crippen molar-refractivity contribution in [2.24, 2.45) is 0 Å². The molecule has 5 rings (SSSR count). The first-order valence-corrected chi connectivity index (χ1v) is 12.5. The molecule has 10 heteroatoms. The summed E-state index contributed by atoms with van der Waals surface area (Å²) in [6.45, 7) is 0.329. The third-order valence-corrected chi connectivity index (χ3v) is 6.79. The number of nitrogens with zero attached hydrogens (tertiary/aromatic N) is 2. The van der Waals surface area contributed by atoms with Crippen molar-refractivity contribution in [2.75, 3.05) is 19.5 Å². The molecule has 4 heterocycles. The Kier molecular flexibility index (Phi) is 5.80. The molecule has 0 spiro atoms. The van der Waals surface area contributed by atoms with Crippen LogP contribution in [0.15, 0.2) is 59.6 Å². The summed E-state index contributed by atoms with van der Waals surface area (Å²) in [5.41, 5.74) is 3.24. The number of fused-ring (bicyclic) bond motifs is 1. The Bertz CT molecular complexity index is 1440. The highest BCUT2D eigenvalue weighted by Crippen LogP contribution is 2.29. The smallest absolute Gasteiger partial charge is 0.193 e. The molecular weight excluding hydrogens is 461 g/mol. The molecule has 0 unspecified atom stereocenters. The minimum absolute atomic E-state index is 0.0521. The lowest BCUT2D eigenvalue weighted by Gasteiger charge is -2.09. The third-order valence-electron chi connectivity index (χ3n) is 5.69. The minimum atomic E-state index is -3.32. The number of nitrogens with one attached hydrogen (secondary N) is 1. The number of halogens is 1. The highest BCUT2D eigenvalue weighted by molar-refractivity contribution is 7.90. The van der Waals surface area contributed by atoms with Crippen molar-refractivity contribution in [2.45, 2.75) is 23.5 Å². The molecule has 0 bridgehead atoms. The number of ether oxygens (including phenoxy) is 2. The Morgan fingerprint density at radius 2 is 1.94 bits per heavy atom. The van der Waals surface area contributed by atoms with Crippen LogP contribution in [0.5, 0.6) is 5.88 Å². The number of aromatic nitrogens is 3. The summed E-state index contributed by atoms with van der Waals surface area (Å²) >= 11 is 0. The lowest BCUT2D eigenvalue weighted by atomic mass is 10.1. The Morgan fingerprint density at radius 1 is 1.18 bits per heavy atom. The van der Waals surface area contributed by atoms with Crippen LogP contribution in [0.3, 0.4) is 0 Å². The van der Waals surface area contributed by atoms with E-state index in [2.05, 4.69) is 15.0 Å². The zero-order chi connectivity index (χ0) is 23.9. The monoisotopic (exact) mass is 483 g/mol. The van der Waals surface area contributed by atoms with Gasteiger partial charge in [0.05, 0.1) is 40.9 Å².